The lowest BCUT2D eigenvalue weighted by Crippen LogP contribution is -2.36. The van der Waals surface area contributed by atoms with E-state index in [-0.39, 0.29) is 39.2 Å². The van der Waals surface area contributed by atoms with Crippen LogP contribution < -0.4 is 26.4 Å². The summed E-state index contributed by atoms with van der Waals surface area (Å²) < 4.78 is 38.5. The van der Waals surface area contributed by atoms with Gasteiger partial charge in [0.2, 0.25) is 10.0 Å². The Morgan fingerprint density at radius 1 is 1.44 bits per heavy atom. The molecule has 0 spiro atoms. The summed E-state index contributed by atoms with van der Waals surface area (Å²) in [6.45, 7) is 2.95. The van der Waals surface area contributed by atoms with Crippen molar-refractivity contribution in [2.75, 3.05) is 51.1 Å². The molecule has 14 heteroatoms. The van der Waals surface area contributed by atoms with E-state index in [1.807, 2.05) is 19.0 Å². The molecule has 0 amide bonds. The van der Waals surface area contributed by atoms with Crippen LogP contribution in [0.5, 0.6) is 0 Å². The fraction of sp³-hybridized carbons (Fsp3) is 0.611. The number of anilines is 1. The maximum Gasteiger partial charge on any atom is 0.243 e. The second-order valence-corrected chi connectivity index (χ2v) is 11.1. The van der Waals surface area contributed by atoms with Gasteiger partial charge in [-0.15, -0.1) is 5.10 Å². The zero-order valence-electron chi connectivity index (χ0n) is 18.2. The Balaban J connectivity index is 2.06. The number of benzene rings is 1. The Labute approximate surface area is 191 Å². The van der Waals surface area contributed by atoms with Crippen LogP contribution in [0.3, 0.4) is 0 Å². The standard InChI is InChI=1S/C18H31N9O3S2/c1-26(2)13-6-8-27(10-13)14-3-4-15(31(28)11-23-12-5-7-22-9-12)17(32(21,29)30)16(14)18(19)24-25-20/h3-4,12-13,22-23H,5-11H2,1-2H3,(H3,19,20,24)(H2,21,29,30)/t12-,13-,31?/m1/s1. The molecule has 0 saturated carbocycles. The largest absolute Gasteiger partial charge is 0.610 e. The summed E-state index contributed by atoms with van der Waals surface area (Å²) in [5, 5.41) is 18.5. The topological polar surface area (TPSA) is 188 Å². The minimum atomic E-state index is -4.33. The van der Waals surface area contributed by atoms with Gasteiger partial charge in [-0.3, -0.25) is 5.32 Å². The number of likely N-dealkylation sites (N-methyl/N-ethyl adjacent to an activating group) is 1. The molecule has 0 radical (unpaired) electrons. The summed E-state index contributed by atoms with van der Waals surface area (Å²) in [6.07, 6.45) is 1.78. The van der Waals surface area contributed by atoms with Crippen molar-refractivity contribution in [1.82, 2.24) is 15.5 Å². The Hall–Kier alpha value is -1.81. The van der Waals surface area contributed by atoms with Gasteiger partial charge in [0, 0.05) is 48.6 Å². The van der Waals surface area contributed by atoms with Crippen molar-refractivity contribution in [3.63, 3.8) is 0 Å². The Morgan fingerprint density at radius 2 is 2.19 bits per heavy atom. The number of nitrogens with zero attached hydrogens (tertiary/aromatic N) is 4. The summed E-state index contributed by atoms with van der Waals surface area (Å²) in [5.41, 5.74) is 13.7. The Bertz CT molecular complexity index is 965. The normalized spacial score (nSPS) is 23.2. The van der Waals surface area contributed by atoms with Crippen LogP contribution in [-0.2, 0) is 21.2 Å². The summed E-state index contributed by atoms with van der Waals surface area (Å²) in [7, 11) is -0.356. The van der Waals surface area contributed by atoms with Crippen molar-refractivity contribution >= 4 is 32.7 Å². The number of primary sulfonamides is 1. The van der Waals surface area contributed by atoms with Crippen molar-refractivity contribution in [3.05, 3.63) is 17.7 Å². The Morgan fingerprint density at radius 3 is 2.75 bits per heavy atom. The maximum absolute atomic E-state index is 13.1. The van der Waals surface area contributed by atoms with E-state index in [4.69, 9.17) is 16.4 Å². The lowest BCUT2D eigenvalue weighted by atomic mass is 10.1. The number of rotatable bonds is 9. The average Bonchev–Trinajstić information content (AvgIpc) is 3.42. The van der Waals surface area contributed by atoms with Crippen molar-refractivity contribution in [2.24, 2.45) is 21.2 Å². The maximum atomic E-state index is 13.1. The second-order valence-electron chi connectivity index (χ2n) is 8.15. The first-order chi connectivity index (χ1) is 15.1. The molecule has 32 heavy (non-hydrogen) atoms. The third-order valence-electron chi connectivity index (χ3n) is 5.84. The number of hydrogen-bond donors (Lipinski definition) is 5. The molecule has 2 saturated heterocycles. The van der Waals surface area contributed by atoms with E-state index in [0.717, 1.165) is 25.9 Å². The zero-order chi connectivity index (χ0) is 23.5. The van der Waals surface area contributed by atoms with Crippen LogP contribution >= 0.6 is 0 Å². The summed E-state index contributed by atoms with van der Waals surface area (Å²) in [6, 6.07) is 3.66. The van der Waals surface area contributed by atoms with Gasteiger partial charge >= 0.3 is 0 Å². The van der Waals surface area contributed by atoms with Crippen molar-refractivity contribution < 1.29 is 13.0 Å². The lowest BCUT2D eigenvalue weighted by Gasteiger charge is -2.26. The molecular weight excluding hydrogens is 454 g/mol. The van der Waals surface area contributed by atoms with Gasteiger partial charge in [0.25, 0.3) is 0 Å². The molecule has 3 atom stereocenters. The van der Waals surface area contributed by atoms with E-state index in [1.54, 1.807) is 6.07 Å². The van der Waals surface area contributed by atoms with Gasteiger partial charge < -0.3 is 25.4 Å². The molecular formula is C18H31N9O3S2. The van der Waals surface area contributed by atoms with Gasteiger partial charge in [-0.05, 0) is 45.6 Å². The molecule has 0 aromatic heterocycles. The first-order valence-corrected chi connectivity index (χ1v) is 13.1. The van der Waals surface area contributed by atoms with Crippen LogP contribution in [0.1, 0.15) is 18.4 Å². The zero-order valence-corrected chi connectivity index (χ0v) is 19.9. The van der Waals surface area contributed by atoms with Crippen molar-refractivity contribution in [1.29, 1.82) is 5.53 Å². The van der Waals surface area contributed by atoms with Gasteiger partial charge in [0.1, 0.15) is 4.90 Å². The first kappa shape index (κ1) is 24.8. The highest BCUT2D eigenvalue weighted by atomic mass is 32.2. The predicted molar refractivity (Wildman–Crippen MR) is 124 cm³/mol. The highest BCUT2D eigenvalue weighted by Gasteiger charge is 2.34. The molecule has 2 aliphatic heterocycles. The molecule has 7 N–H and O–H groups in total. The van der Waals surface area contributed by atoms with Crippen LogP contribution in [0.4, 0.5) is 5.69 Å². The molecule has 0 bridgehead atoms. The molecule has 1 aromatic rings. The number of amidine groups is 1. The molecule has 0 aliphatic carbocycles. The fourth-order valence-electron chi connectivity index (χ4n) is 4.11. The van der Waals surface area contributed by atoms with Crippen LogP contribution in [0.2, 0.25) is 0 Å². The number of nitrogens with one attached hydrogen (secondary N) is 3. The Kier molecular flexibility index (Phi) is 8.08. The van der Waals surface area contributed by atoms with Crippen LogP contribution in [0.15, 0.2) is 32.2 Å². The van der Waals surface area contributed by atoms with E-state index >= 15 is 0 Å². The van der Waals surface area contributed by atoms with E-state index in [9.17, 15) is 13.0 Å². The molecule has 178 valence electrons. The third kappa shape index (κ3) is 5.57. The minimum Gasteiger partial charge on any atom is -0.610 e. The number of hydrogen-bond acceptors (Lipinski definition) is 9. The molecule has 2 aliphatic rings. The molecule has 1 unspecified atom stereocenters. The summed E-state index contributed by atoms with van der Waals surface area (Å²) in [4.78, 5) is 3.81. The van der Waals surface area contributed by atoms with Crippen molar-refractivity contribution in [3.8, 4) is 0 Å². The SMILES string of the molecule is CN(C)[C@@H]1CCN(c2ccc([S+]([O-])CN[C@@H]3CCNC3)c(S(N)(=O)=O)c2/C(N)=N/N=N)C1. The average molecular weight is 486 g/mol. The van der Waals surface area contributed by atoms with Gasteiger partial charge in [0.05, 0.1) is 5.56 Å². The summed E-state index contributed by atoms with van der Waals surface area (Å²) >= 11 is -1.71. The first-order valence-electron chi connectivity index (χ1n) is 10.3. The van der Waals surface area contributed by atoms with E-state index < -0.39 is 21.2 Å². The van der Waals surface area contributed by atoms with Crippen LogP contribution in [0.25, 0.3) is 0 Å². The smallest absolute Gasteiger partial charge is 0.243 e. The fourth-order valence-corrected chi connectivity index (χ4v) is 6.65. The van der Waals surface area contributed by atoms with Gasteiger partial charge in [0.15, 0.2) is 16.6 Å². The molecule has 12 nitrogen and oxygen atoms in total. The molecule has 3 rings (SSSR count). The van der Waals surface area contributed by atoms with Crippen molar-refractivity contribution in [2.45, 2.75) is 34.7 Å². The minimum absolute atomic E-state index is 0.0382. The monoisotopic (exact) mass is 485 g/mol. The molecule has 2 heterocycles. The van der Waals surface area contributed by atoms with Gasteiger partial charge in [-0.2, -0.15) is 5.53 Å². The van der Waals surface area contributed by atoms with E-state index in [2.05, 4.69) is 25.9 Å². The highest BCUT2D eigenvalue weighted by molar-refractivity contribution is 7.93. The summed E-state index contributed by atoms with van der Waals surface area (Å²) in [5.74, 6) is -0.195. The lowest BCUT2D eigenvalue weighted by molar-refractivity contribution is 0.315. The third-order valence-corrected chi connectivity index (χ3v) is 8.22. The number of sulfonamides is 1. The predicted octanol–water partition coefficient (Wildman–Crippen LogP) is -0.858. The van der Waals surface area contributed by atoms with Gasteiger partial charge in [-0.1, -0.05) is 5.22 Å². The highest BCUT2D eigenvalue weighted by Crippen LogP contribution is 2.34. The van der Waals surface area contributed by atoms with Crippen LogP contribution in [0, 0.1) is 5.53 Å². The quantitative estimate of drug-likeness (QED) is 0.0982. The van der Waals surface area contributed by atoms with E-state index in [1.165, 1.54) is 6.07 Å². The van der Waals surface area contributed by atoms with Gasteiger partial charge in [-0.25, -0.2) is 13.6 Å². The van der Waals surface area contributed by atoms with E-state index in [0.29, 0.717) is 18.8 Å². The molecule has 1 aromatic carbocycles. The molecule has 2 fully saturated rings. The van der Waals surface area contributed by atoms with Crippen LogP contribution in [-0.4, -0.2) is 81.9 Å². The second kappa shape index (κ2) is 10.4. The number of nitrogens with two attached hydrogens (primary N) is 2.